The fourth-order valence-electron chi connectivity index (χ4n) is 2.51. The normalized spacial score (nSPS) is 10.1. The number of aryl methyl sites for hydroxylation is 2. The number of hydrazine groups is 1. The van der Waals surface area contributed by atoms with Gasteiger partial charge in [0.25, 0.3) is 5.91 Å². The molecule has 31 heavy (non-hydrogen) atoms. The third kappa shape index (κ3) is 7.79. The molecule has 4 N–H and O–H groups in total. The average Bonchev–Trinajstić information content (AvgIpc) is 2.73. The standard InChI is InChI=1S/C21H23IN4O4S/c1-12-4-5-13(2)16(10-12)23-18(27)8-9-19(28)25-26-21(31)24-20(29)14-6-7-17(30-3)15(22)11-14/h4-7,10-11H,8-9H2,1-3H3,(H,23,27)(H,25,28)(H2,24,26,29,31). The first-order valence-electron chi connectivity index (χ1n) is 9.30. The molecule has 0 bridgehead atoms. The Morgan fingerprint density at radius 1 is 1.00 bits per heavy atom. The van der Waals surface area contributed by atoms with Crippen molar-refractivity contribution in [1.82, 2.24) is 16.2 Å². The summed E-state index contributed by atoms with van der Waals surface area (Å²) < 4.78 is 5.93. The molecule has 0 unspecified atom stereocenters. The van der Waals surface area contributed by atoms with Gasteiger partial charge in [-0.1, -0.05) is 12.1 Å². The lowest BCUT2D eigenvalue weighted by atomic mass is 10.1. The molecule has 0 heterocycles. The minimum absolute atomic E-state index is 0.00427. The summed E-state index contributed by atoms with van der Waals surface area (Å²) in [6.45, 7) is 3.83. The van der Waals surface area contributed by atoms with Gasteiger partial charge in [-0.3, -0.25) is 30.6 Å². The van der Waals surface area contributed by atoms with Crippen molar-refractivity contribution in [2.24, 2.45) is 0 Å². The molecule has 0 aromatic heterocycles. The summed E-state index contributed by atoms with van der Waals surface area (Å²) >= 11 is 7.08. The topological polar surface area (TPSA) is 109 Å². The first-order chi connectivity index (χ1) is 14.7. The lowest BCUT2D eigenvalue weighted by Gasteiger charge is -2.12. The van der Waals surface area contributed by atoms with Crippen LogP contribution in [0.15, 0.2) is 36.4 Å². The number of carbonyl (C=O) groups is 3. The molecule has 8 nitrogen and oxygen atoms in total. The molecule has 3 amide bonds. The summed E-state index contributed by atoms with van der Waals surface area (Å²) in [6, 6.07) is 10.7. The predicted octanol–water partition coefficient (Wildman–Crippen LogP) is 2.97. The molecule has 0 fully saturated rings. The number of benzene rings is 2. The van der Waals surface area contributed by atoms with Crippen molar-refractivity contribution in [3.8, 4) is 5.75 Å². The maximum absolute atomic E-state index is 12.2. The number of ether oxygens (including phenoxy) is 1. The van der Waals surface area contributed by atoms with Crippen molar-refractivity contribution in [2.45, 2.75) is 26.7 Å². The zero-order chi connectivity index (χ0) is 23.0. The zero-order valence-electron chi connectivity index (χ0n) is 17.3. The molecule has 2 aromatic rings. The molecular formula is C21H23IN4O4S. The molecular weight excluding hydrogens is 531 g/mol. The fourth-order valence-corrected chi connectivity index (χ4v) is 3.39. The number of nitrogens with one attached hydrogen (secondary N) is 4. The Morgan fingerprint density at radius 2 is 1.71 bits per heavy atom. The Balaban J connectivity index is 1.74. The van der Waals surface area contributed by atoms with Crippen molar-refractivity contribution >= 4 is 63.3 Å². The van der Waals surface area contributed by atoms with E-state index in [1.54, 1.807) is 25.3 Å². The fraction of sp³-hybridized carbons (Fsp3) is 0.238. The van der Waals surface area contributed by atoms with Crippen molar-refractivity contribution in [3.63, 3.8) is 0 Å². The summed E-state index contributed by atoms with van der Waals surface area (Å²) in [5.74, 6) is -0.479. The summed E-state index contributed by atoms with van der Waals surface area (Å²) in [4.78, 5) is 36.3. The van der Waals surface area contributed by atoms with Crippen LogP contribution in [0.5, 0.6) is 5.75 Å². The van der Waals surface area contributed by atoms with E-state index < -0.39 is 11.8 Å². The van der Waals surface area contributed by atoms with E-state index in [0.29, 0.717) is 11.3 Å². The number of hydrogen-bond donors (Lipinski definition) is 4. The minimum atomic E-state index is -0.438. The quantitative estimate of drug-likeness (QED) is 0.249. The lowest BCUT2D eigenvalue weighted by Crippen LogP contribution is -2.48. The Kier molecular flexibility index (Phi) is 9.19. The molecule has 0 saturated carbocycles. The number of anilines is 1. The van der Waals surface area contributed by atoms with Gasteiger partial charge in [0.2, 0.25) is 11.8 Å². The van der Waals surface area contributed by atoms with Crippen LogP contribution >= 0.6 is 34.8 Å². The first kappa shape index (κ1) is 24.5. The van der Waals surface area contributed by atoms with E-state index >= 15 is 0 Å². The molecule has 10 heteroatoms. The van der Waals surface area contributed by atoms with Gasteiger partial charge in [-0.15, -0.1) is 0 Å². The summed E-state index contributed by atoms with van der Waals surface area (Å²) in [5, 5.41) is 5.20. The van der Waals surface area contributed by atoms with Crippen LogP contribution in [0, 0.1) is 17.4 Å². The van der Waals surface area contributed by atoms with Crippen LogP contribution in [0.25, 0.3) is 0 Å². The molecule has 0 aliphatic heterocycles. The Labute approximate surface area is 199 Å². The van der Waals surface area contributed by atoms with Gasteiger partial charge in [0.15, 0.2) is 5.11 Å². The van der Waals surface area contributed by atoms with E-state index in [2.05, 4.69) is 44.1 Å². The van der Waals surface area contributed by atoms with Crippen LogP contribution < -0.4 is 26.2 Å². The third-order valence-corrected chi connectivity index (χ3v) is 5.25. The van der Waals surface area contributed by atoms with E-state index in [-0.39, 0.29) is 23.9 Å². The molecule has 0 radical (unpaired) electrons. The zero-order valence-corrected chi connectivity index (χ0v) is 20.3. The summed E-state index contributed by atoms with van der Waals surface area (Å²) in [5.41, 5.74) is 7.90. The maximum atomic E-state index is 12.2. The van der Waals surface area contributed by atoms with Crippen LogP contribution in [0.1, 0.15) is 34.3 Å². The Morgan fingerprint density at radius 3 is 2.39 bits per heavy atom. The van der Waals surface area contributed by atoms with Crippen LogP contribution in [-0.4, -0.2) is 29.9 Å². The minimum Gasteiger partial charge on any atom is -0.496 e. The van der Waals surface area contributed by atoms with E-state index in [4.69, 9.17) is 17.0 Å². The number of carbonyl (C=O) groups excluding carboxylic acids is 3. The molecule has 0 aliphatic rings. The summed E-state index contributed by atoms with van der Waals surface area (Å²) in [6.07, 6.45) is -0.0404. The van der Waals surface area contributed by atoms with Crippen LogP contribution in [-0.2, 0) is 9.59 Å². The smallest absolute Gasteiger partial charge is 0.257 e. The molecule has 0 atom stereocenters. The third-order valence-electron chi connectivity index (χ3n) is 4.20. The highest BCUT2D eigenvalue weighted by Gasteiger charge is 2.12. The van der Waals surface area contributed by atoms with E-state index in [1.165, 1.54) is 0 Å². The highest BCUT2D eigenvalue weighted by atomic mass is 127. The number of rotatable bonds is 6. The van der Waals surface area contributed by atoms with Crippen molar-refractivity contribution in [1.29, 1.82) is 0 Å². The number of hydrogen-bond acceptors (Lipinski definition) is 5. The summed E-state index contributed by atoms with van der Waals surface area (Å²) in [7, 11) is 1.55. The molecule has 0 spiro atoms. The monoisotopic (exact) mass is 554 g/mol. The average molecular weight is 554 g/mol. The van der Waals surface area contributed by atoms with Crippen LogP contribution in [0.4, 0.5) is 5.69 Å². The highest BCUT2D eigenvalue weighted by molar-refractivity contribution is 14.1. The molecule has 2 rings (SSSR count). The van der Waals surface area contributed by atoms with Gasteiger partial charge >= 0.3 is 0 Å². The number of halogens is 1. The van der Waals surface area contributed by atoms with Gasteiger partial charge in [-0.2, -0.15) is 0 Å². The predicted molar refractivity (Wildman–Crippen MR) is 131 cm³/mol. The van der Waals surface area contributed by atoms with Crippen LogP contribution in [0.3, 0.4) is 0 Å². The second-order valence-corrected chi connectivity index (χ2v) is 8.24. The van der Waals surface area contributed by atoms with E-state index in [9.17, 15) is 14.4 Å². The van der Waals surface area contributed by atoms with Crippen molar-refractivity contribution < 1.29 is 19.1 Å². The molecule has 2 aromatic carbocycles. The van der Waals surface area contributed by atoms with E-state index in [0.717, 1.165) is 20.4 Å². The molecule has 0 aliphatic carbocycles. The van der Waals surface area contributed by atoms with Crippen molar-refractivity contribution in [3.05, 3.63) is 56.7 Å². The number of amides is 3. The first-order valence-corrected chi connectivity index (χ1v) is 10.8. The molecule has 0 saturated heterocycles. The SMILES string of the molecule is COc1ccc(C(=O)NC(=S)NNC(=O)CCC(=O)Nc2cc(C)ccc2C)cc1I. The van der Waals surface area contributed by atoms with Crippen LogP contribution in [0.2, 0.25) is 0 Å². The largest absolute Gasteiger partial charge is 0.496 e. The van der Waals surface area contributed by atoms with Gasteiger partial charge in [0.05, 0.1) is 10.7 Å². The maximum Gasteiger partial charge on any atom is 0.257 e. The Hall–Kier alpha value is -2.73. The van der Waals surface area contributed by atoms with Gasteiger partial charge < -0.3 is 10.1 Å². The van der Waals surface area contributed by atoms with Gasteiger partial charge in [0, 0.05) is 24.1 Å². The second-order valence-electron chi connectivity index (χ2n) is 6.67. The lowest BCUT2D eigenvalue weighted by molar-refractivity contribution is -0.124. The second kappa shape index (κ2) is 11.6. The Bertz CT molecular complexity index is 1010. The number of thiocarbonyl (C=S) groups is 1. The molecule has 164 valence electrons. The van der Waals surface area contributed by atoms with E-state index in [1.807, 2.05) is 32.0 Å². The van der Waals surface area contributed by atoms with Crippen molar-refractivity contribution in [2.75, 3.05) is 12.4 Å². The van der Waals surface area contributed by atoms with Gasteiger partial charge in [-0.25, -0.2) is 0 Å². The van der Waals surface area contributed by atoms with Gasteiger partial charge in [0.1, 0.15) is 5.75 Å². The van der Waals surface area contributed by atoms with Gasteiger partial charge in [-0.05, 0) is 84.0 Å². The number of methoxy groups -OCH3 is 1. The highest BCUT2D eigenvalue weighted by Crippen LogP contribution is 2.21.